The number of aliphatic hydroxyl groups is 1. The van der Waals surface area contributed by atoms with Gasteiger partial charge >= 0.3 is 0 Å². The number of sulfonamides is 1. The summed E-state index contributed by atoms with van der Waals surface area (Å²) < 4.78 is 55.0. The number of alkyl halides is 2. The molecule has 0 unspecified atom stereocenters. The summed E-state index contributed by atoms with van der Waals surface area (Å²) in [5, 5.41) is 9.08. The highest BCUT2D eigenvalue weighted by molar-refractivity contribution is 7.89. The van der Waals surface area contributed by atoms with Gasteiger partial charge in [0.1, 0.15) is 6.61 Å². The van der Waals surface area contributed by atoms with Crippen LogP contribution in [0.1, 0.15) is 18.1 Å². The standard InChI is InChI=1S/C13H19F2NO4S/c1-2-11-4-3-10(8-17)7-12(11)21(18,19)16-5-6-20-9-13(14)15/h3-4,7,13,16-17H,2,5-6,8-9H2,1H3. The first-order valence-corrected chi connectivity index (χ1v) is 7.97. The molecule has 0 saturated heterocycles. The lowest BCUT2D eigenvalue weighted by atomic mass is 10.1. The maximum atomic E-state index is 12.2. The Morgan fingerprint density at radius 2 is 2.10 bits per heavy atom. The predicted octanol–water partition coefficient (Wildman–Crippen LogP) is 1.30. The van der Waals surface area contributed by atoms with E-state index < -0.39 is 23.1 Å². The first-order valence-electron chi connectivity index (χ1n) is 6.49. The second kappa shape index (κ2) is 8.38. The zero-order chi connectivity index (χ0) is 15.9. The Labute approximate surface area is 123 Å². The average Bonchev–Trinajstić information content (AvgIpc) is 2.45. The summed E-state index contributed by atoms with van der Waals surface area (Å²) in [7, 11) is -3.76. The normalized spacial score (nSPS) is 12.0. The third-order valence-electron chi connectivity index (χ3n) is 2.77. The Hall–Kier alpha value is -1.09. The van der Waals surface area contributed by atoms with Gasteiger partial charge in [-0.2, -0.15) is 0 Å². The van der Waals surface area contributed by atoms with E-state index in [1.807, 2.05) is 6.92 Å². The van der Waals surface area contributed by atoms with Gasteiger partial charge in [-0.15, -0.1) is 0 Å². The number of aryl methyl sites for hydroxylation is 1. The number of halogens is 2. The van der Waals surface area contributed by atoms with E-state index in [1.54, 1.807) is 12.1 Å². The van der Waals surface area contributed by atoms with Gasteiger partial charge in [0.05, 0.1) is 18.1 Å². The Balaban J connectivity index is 2.73. The minimum Gasteiger partial charge on any atom is -0.392 e. The maximum Gasteiger partial charge on any atom is 0.261 e. The third-order valence-corrected chi connectivity index (χ3v) is 4.31. The lowest BCUT2D eigenvalue weighted by Crippen LogP contribution is -2.29. The smallest absolute Gasteiger partial charge is 0.261 e. The van der Waals surface area contributed by atoms with Crippen LogP contribution in [0.4, 0.5) is 8.78 Å². The first-order chi connectivity index (χ1) is 9.90. The summed E-state index contributed by atoms with van der Waals surface area (Å²) in [6.45, 7) is 0.608. The molecule has 0 aliphatic rings. The van der Waals surface area contributed by atoms with Gasteiger partial charge in [-0.05, 0) is 23.6 Å². The van der Waals surface area contributed by atoms with Gasteiger partial charge in [-0.3, -0.25) is 0 Å². The molecule has 120 valence electrons. The summed E-state index contributed by atoms with van der Waals surface area (Å²) in [5.74, 6) is 0. The summed E-state index contributed by atoms with van der Waals surface area (Å²) in [4.78, 5) is 0.0883. The summed E-state index contributed by atoms with van der Waals surface area (Å²) in [6.07, 6.45) is -2.06. The first kappa shape index (κ1) is 18.0. The Bertz CT molecular complexity index is 549. The van der Waals surface area contributed by atoms with Crippen LogP contribution in [-0.2, 0) is 27.8 Å². The minimum absolute atomic E-state index is 0.0883. The van der Waals surface area contributed by atoms with Gasteiger partial charge in [-0.25, -0.2) is 21.9 Å². The van der Waals surface area contributed by atoms with Crippen LogP contribution in [0.15, 0.2) is 23.1 Å². The van der Waals surface area contributed by atoms with Gasteiger partial charge in [0, 0.05) is 6.54 Å². The molecule has 21 heavy (non-hydrogen) atoms. The molecule has 1 rings (SSSR count). The molecule has 0 amide bonds. The van der Waals surface area contributed by atoms with Crippen LogP contribution in [-0.4, -0.2) is 39.7 Å². The van der Waals surface area contributed by atoms with Crippen molar-refractivity contribution in [2.24, 2.45) is 0 Å². The second-order valence-electron chi connectivity index (χ2n) is 4.32. The van der Waals surface area contributed by atoms with Crippen molar-refractivity contribution in [1.82, 2.24) is 4.72 Å². The van der Waals surface area contributed by atoms with Crippen molar-refractivity contribution >= 4 is 10.0 Å². The Morgan fingerprint density at radius 3 is 2.67 bits per heavy atom. The van der Waals surface area contributed by atoms with Gasteiger partial charge in [0.2, 0.25) is 10.0 Å². The molecule has 8 heteroatoms. The van der Waals surface area contributed by atoms with E-state index >= 15 is 0 Å². The van der Waals surface area contributed by atoms with Crippen molar-refractivity contribution in [2.45, 2.75) is 31.3 Å². The molecular formula is C13H19F2NO4S. The van der Waals surface area contributed by atoms with Crippen LogP contribution in [0.25, 0.3) is 0 Å². The van der Waals surface area contributed by atoms with Crippen molar-refractivity contribution in [3.63, 3.8) is 0 Å². The van der Waals surface area contributed by atoms with Crippen molar-refractivity contribution in [2.75, 3.05) is 19.8 Å². The van der Waals surface area contributed by atoms with E-state index in [9.17, 15) is 17.2 Å². The molecule has 0 aliphatic heterocycles. The fourth-order valence-electron chi connectivity index (χ4n) is 1.74. The highest BCUT2D eigenvalue weighted by atomic mass is 32.2. The predicted molar refractivity (Wildman–Crippen MR) is 73.8 cm³/mol. The number of rotatable bonds is 9. The molecule has 0 spiro atoms. The van der Waals surface area contributed by atoms with E-state index in [0.717, 1.165) is 0 Å². The van der Waals surface area contributed by atoms with Crippen molar-refractivity contribution in [3.05, 3.63) is 29.3 Å². The van der Waals surface area contributed by atoms with E-state index in [2.05, 4.69) is 9.46 Å². The molecular weight excluding hydrogens is 304 g/mol. The largest absolute Gasteiger partial charge is 0.392 e. The van der Waals surface area contributed by atoms with Gasteiger partial charge in [-0.1, -0.05) is 19.1 Å². The van der Waals surface area contributed by atoms with Crippen LogP contribution in [0.2, 0.25) is 0 Å². The van der Waals surface area contributed by atoms with E-state index in [0.29, 0.717) is 17.5 Å². The second-order valence-corrected chi connectivity index (χ2v) is 6.05. The SMILES string of the molecule is CCc1ccc(CO)cc1S(=O)(=O)NCCOCC(F)F. The van der Waals surface area contributed by atoms with Crippen LogP contribution in [0.5, 0.6) is 0 Å². The fraction of sp³-hybridized carbons (Fsp3) is 0.538. The molecule has 0 radical (unpaired) electrons. The number of ether oxygens (including phenoxy) is 1. The topological polar surface area (TPSA) is 75.6 Å². The van der Waals surface area contributed by atoms with Gasteiger partial charge < -0.3 is 9.84 Å². The minimum atomic E-state index is -3.76. The molecule has 0 atom stereocenters. The summed E-state index contributed by atoms with van der Waals surface area (Å²) >= 11 is 0. The highest BCUT2D eigenvalue weighted by Crippen LogP contribution is 2.18. The average molecular weight is 323 g/mol. The van der Waals surface area contributed by atoms with Crippen LogP contribution >= 0.6 is 0 Å². The molecule has 1 aromatic carbocycles. The monoisotopic (exact) mass is 323 g/mol. The quantitative estimate of drug-likeness (QED) is 0.672. The fourth-order valence-corrected chi connectivity index (χ4v) is 3.11. The van der Waals surface area contributed by atoms with Gasteiger partial charge in [0.15, 0.2) is 0 Å². The van der Waals surface area contributed by atoms with Crippen molar-refractivity contribution in [1.29, 1.82) is 0 Å². The number of nitrogens with one attached hydrogen (secondary N) is 1. The number of hydrogen-bond acceptors (Lipinski definition) is 4. The highest BCUT2D eigenvalue weighted by Gasteiger charge is 2.18. The number of aliphatic hydroxyl groups excluding tert-OH is 1. The molecule has 0 aromatic heterocycles. The molecule has 0 aliphatic carbocycles. The molecule has 0 heterocycles. The number of benzene rings is 1. The number of hydrogen-bond donors (Lipinski definition) is 2. The lowest BCUT2D eigenvalue weighted by Gasteiger charge is -2.12. The molecule has 0 saturated carbocycles. The molecule has 0 bridgehead atoms. The Kier molecular flexibility index (Phi) is 7.16. The summed E-state index contributed by atoms with van der Waals surface area (Å²) in [5.41, 5.74) is 1.11. The van der Waals surface area contributed by atoms with Crippen LogP contribution in [0, 0.1) is 0 Å². The lowest BCUT2D eigenvalue weighted by molar-refractivity contribution is 0.0199. The molecule has 5 nitrogen and oxygen atoms in total. The van der Waals surface area contributed by atoms with Crippen LogP contribution < -0.4 is 4.72 Å². The molecule has 2 N–H and O–H groups in total. The zero-order valence-electron chi connectivity index (χ0n) is 11.7. The van der Waals surface area contributed by atoms with Crippen molar-refractivity contribution < 1.29 is 27.0 Å². The third kappa shape index (κ3) is 5.66. The molecule has 1 aromatic rings. The Morgan fingerprint density at radius 1 is 1.38 bits per heavy atom. The van der Waals surface area contributed by atoms with E-state index in [-0.39, 0.29) is 24.7 Å². The van der Waals surface area contributed by atoms with Crippen LogP contribution in [0.3, 0.4) is 0 Å². The van der Waals surface area contributed by atoms with Crippen molar-refractivity contribution in [3.8, 4) is 0 Å². The zero-order valence-corrected chi connectivity index (χ0v) is 12.5. The molecule has 0 fully saturated rings. The van der Waals surface area contributed by atoms with E-state index in [1.165, 1.54) is 6.07 Å². The maximum absolute atomic E-state index is 12.2. The summed E-state index contributed by atoms with van der Waals surface area (Å²) in [6, 6.07) is 4.71. The van der Waals surface area contributed by atoms with E-state index in [4.69, 9.17) is 5.11 Å². The van der Waals surface area contributed by atoms with Gasteiger partial charge in [0.25, 0.3) is 6.43 Å².